The van der Waals surface area contributed by atoms with Crippen LogP contribution in [0.1, 0.15) is 70.4 Å². The van der Waals surface area contributed by atoms with Crippen molar-refractivity contribution in [3.05, 3.63) is 126 Å². The molecule has 0 fully saturated rings. The first-order valence-electron chi connectivity index (χ1n) is 15.9. The van der Waals surface area contributed by atoms with Gasteiger partial charge in [0.05, 0.1) is 20.9 Å². The van der Waals surface area contributed by atoms with Crippen LogP contribution in [0.4, 0.5) is 11.4 Å². The van der Waals surface area contributed by atoms with Crippen molar-refractivity contribution in [2.45, 2.75) is 65.7 Å². The Morgan fingerprint density at radius 3 is 1.92 bits per heavy atom. The topological polar surface area (TPSA) is 133 Å². The number of non-ortho nitro benzene ring substituents is 1. The molecule has 0 bridgehead atoms. The van der Waals surface area contributed by atoms with Gasteiger partial charge in [-0.25, -0.2) is 0 Å². The van der Waals surface area contributed by atoms with Crippen LogP contribution >= 0.6 is 11.6 Å². The third kappa shape index (κ3) is 6.36. The fourth-order valence-corrected chi connectivity index (χ4v) is 7.51. The minimum Gasteiger partial charge on any atom is -0.449 e. The maximum atomic E-state index is 14.1. The van der Waals surface area contributed by atoms with Crippen LogP contribution in [0.3, 0.4) is 0 Å². The lowest BCUT2D eigenvalue weighted by atomic mass is 9.63. The number of carbonyl (C=O) groups is 2. The normalized spacial score (nSPS) is 18.8. The smallest absolute Gasteiger partial charge is 0.318 e. The Labute approximate surface area is 283 Å². The van der Waals surface area contributed by atoms with Crippen LogP contribution in [-0.4, -0.2) is 32.9 Å². The van der Waals surface area contributed by atoms with Gasteiger partial charge in [0.15, 0.2) is 11.6 Å². The van der Waals surface area contributed by atoms with E-state index in [0.717, 1.165) is 36.0 Å². The largest absolute Gasteiger partial charge is 0.449 e. The number of benzene rings is 3. The molecule has 0 radical (unpaired) electrons. The van der Waals surface area contributed by atoms with Crippen molar-refractivity contribution >= 4 is 34.5 Å². The predicted molar refractivity (Wildman–Crippen MR) is 181 cm³/mol. The number of nitrogens with zero attached hydrogens (tertiary/aromatic N) is 3. The van der Waals surface area contributed by atoms with Crippen LogP contribution in [-0.2, 0) is 16.0 Å². The Balaban J connectivity index is 1.45. The molecule has 0 atom stereocenters. The van der Waals surface area contributed by atoms with E-state index >= 15 is 0 Å². The van der Waals surface area contributed by atoms with Gasteiger partial charge in [-0.05, 0) is 59.4 Å². The number of nitro groups is 2. The van der Waals surface area contributed by atoms with Crippen LogP contribution in [0.5, 0.6) is 11.5 Å². The fourth-order valence-electron chi connectivity index (χ4n) is 7.28. The molecule has 10 nitrogen and oxygen atoms in total. The molecule has 0 unspecified atom stereocenters. The molecule has 1 aliphatic heterocycles. The summed E-state index contributed by atoms with van der Waals surface area (Å²) in [5, 5.41) is 23.0. The lowest BCUT2D eigenvalue weighted by Gasteiger charge is -2.49. The number of Topliss-reactive ketones (excluding diaryl/α,β-unsaturated/α-hetero) is 2. The summed E-state index contributed by atoms with van der Waals surface area (Å²) in [6.45, 7) is 9.01. The number of carbonyl (C=O) groups excluding carboxylic acids is 2. The molecule has 0 saturated heterocycles. The molecular formula is C37H36ClN3O7. The van der Waals surface area contributed by atoms with E-state index in [4.69, 9.17) is 16.3 Å². The number of ether oxygens (including phenoxy) is 1. The van der Waals surface area contributed by atoms with Gasteiger partial charge in [0, 0.05) is 53.9 Å². The standard InChI is InChI=1S/C37H36ClN3O7/c1-36(2)18-27-34(29(42)20-36)33(35-28(19-37(3,4)21-30(35)43)39(27)15-14-22-8-6-5-7-9-22)23-10-12-31(25(38)16-23)48-32-13-11-24(40(44)45)17-26(32)41(46)47/h5-13,16-17,33H,14-15,18-21H2,1-4H3. The zero-order valence-corrected chi connectivity index (χ0v) is 28.0. The molecule has 1 heterocycles. The lowest BCUT2D eigenvalue weighted by Crippen LogP contribution is -2.45. The van der Waals surface area contributed by atoms with Crippen molar-refractivity contribution in [2.24, 2.45) is 10.8 Å². The van der Waals surface area contributed by atoms with E-state index in [9.17, 15) is 29.8 Å². The zero-order chi connectivity index (χ0) is 34.5. The number of rotatable bonds is 8. The average molecular weight is 670 g/mol. The Hall–Kier alpha value is -4.83. The molecule has 3 aromatic carbocycles. The maximum Gasteiger partial charge on any atom is 0.318 e. The van der Waals surface area contributed by atoms with Gasteiger partial charge in [0.1, 0.15) is 5.75 Å². The highest BCUT2D eigenvalue weighted by Crippen LogP contribution is 2.55. The third-order valence-electron chi connectivity index (χ3n) is 9.35. The molecule has 0 aromatic heterocycles. The Bertz CT molecular complexity index is 1880. The van der Waals surface area contributed by atoms with E-state index < -0.39 is 27.1 Å². The van der Waals surface area contributed by atoms with E-state index in [2.05, 4.69) is 44.7 Å². The van der Waals surface area contributed by atoms with E-state index in [1.165, 1.54) is 5.56 Å². The van der Waals surface area contributed by atoms with Crippen molar-refractivity contribution in [2.75, 3.05) is 6.54 Å². The first-order chi connectivity index (χ1) is 22.6. The summed E-state index contributed by atoms with van der Waals surface area (Å²) in [7, 11) is 0. The predicted octanol–water partition coefficient (Wildman–Crippen LogP) is 8.88. The second-order valence-electron chi connectivity index (χ2n) is 14.4. The molecule has 0 spiro atoms. The van der Waals surface area contributed by atoms with Crippen LogP contribution < -0.4 is 4.74 Å². The molecule has 0 saturated carbocycles. The minimum absolute atomic E-state index is 0.00176. The Morgan fingerprint density at radius 2 is 1.38 bits per heavy atom. The van der Waals surface area contributed by atoms with Gasteiger partial charge >= 0.3 is 5.69 Å². The zero-order valence-electron chi connectivity index (χ0n) is 27.2. The molecule has 0 amide bonds. The van der Waals surface area contributed by atoms with Crippen LogP contribution in [0.15, 0.2) is 89.3 Å². The summed E-state index contributed by atoms with van der Waals surface area (Å²) in [4.78, 5) is 51.9. The van der Waals surface area contributed by atoms with Crippen LogP contribution in [0.25, 0.3) is 0 Å². The second-order valence-corrected chi connectivity index (χ2v) is 14.8. The van der Waals surface area contributed by atoms with Crippen molar-refractivity contribution in [1.29, 1.82) is 0 Å². The summed E-state index contributed by atoms with van der Waals surface area (Å²) in [6.07, 6.45) is 2.77. The Kier molecular flexibility index (Phi) is 8.49. The van der Waals surface area contributed by atoms with Gasteiger partial charge in [-0.3, -0.25) is 29.8 Å². The van der Waals surface area contributed by atoms with Gasteiger partial charge < -0.3 is 9.64 Å². The highest BCUT2D eigenvalue weighted by Gasteiger charge is 2.49. The van der Waals surface area contributed by atoms with Crippen molar-refractivity contribution in [3.63, 3.8) is 0 Å². The first-order valence-corrected chi connectivity index (χ1v) is 16.3. The van der Waals surface area contributed by atoms with E-state index in [1.807, 2.05) is 18.2 Å². The second kappa shape index (κ2) is 12.3. The highest BCUT2D eigenvalue weighted by molar-refractivity contribution is 6.32. The molecule has 48 heavy (non-hydrogen) atoms. The number of hydrogen-bond acceptors (Lipinski definition) is 8. The SMILES string of the molecule is CC1(C)CC(=O)C2=C(C1)N(CCc1ccccc1)C1=C(C(=O)CC(C)(C)C1)C2c1ccc(Oc2ccc([N+](=O)[O-])cc2[N+](=O)[O-])c(Cl)c1. The van der Waals surface area contributed by atoms with Gasteiger partial charge in [-0.2, -0.15) is 0 Å². The monoisotopic (exact) mass is 669 g/mol. The van der Waals surface area contributed by atoms with Crippen LogP contribution in [0.2, 0.25) is 5.02 Å². The van der Waals surface area contributed by atoms with Gasteiger partial charge in [-0.15, -0.1) is 0 Å². The van der Waals surface area contributed by atoms with E-state index in [0.29, 0.717) is 48.9 Å². The number of nitro benzene ring substituents is 2. The number of halogens is 1. The lowest BCUT2D eigenvalue weighted by molar-refractivity contribution is -0.394. The fraction of sp³-hybridized carbons (Fsp3) is 0.351. The third-order valence-corrected chi connectivity index (χ3v) is 9.64. The first kappa shape index (κ1) is 33.1. The molecular weight excluding hydrogens is 634 g/mol. The van der Waals surface area contributed by atoms with Crippen molar-refractivity contribution in [3.8, 4) is 11.5 Å². The molecule has 11 heteroatoms. The number of hydrogen-bond donors (Lipinski definition) is 0. The Morgan fingerprint density at radius 1 is 0.792 bits per heavy atom. The maximum absolute atomic E-state index is 14.1. The number of ketones is 2. The minimum atomic E-state index is -0.759. The highest BCUT2D eigenvalue weighted by atomic mass is 35.5. The summed E-state index contributed by atoms with van der Waals surface area (Å²) in [5.74, 6) is -0.753. The quantitative estimate of drug-likeness (QED) is 0.172. The van der Waals surface area contributed by atoms with Gasteiger partial charge in [0.2, 0.25) is 5.75 Å². The van der Waals surface area contributed by atoms with Crippen molar-refractivity contribution < 1.29 is 24.2 Å². The van der Waals surface area contributed by atoms with E-state index in [1.54, 1.807) is 18.2 Å². The summed E-state index contributed by atoms with van der Waals surface area (Å²) in [5.41, 5.74) is 3.37. The molecule has 3 aromatic rings. The molecule has 6 rings (SSSR count). The van der Waals surface area contributed by atoms with Crippen LogP contribution in [0, 0.1) is 31.1 Å². The average Bonchev–Trinajstić information content (AvgIpc) is 3.00. The summed E-state index contributed by atoms with van der Waals surface area (Å²) in [6, 6.07) is 18.2. The van der Waals surface area contributed by atoms with E-state index in [-0.39, 0.29) is 38.9 Å². The number of allylic oxidation sites excluding steroid dienone is 4. The molecule has 2 aliphatic carbocycles. The summed E-state index contributed by atoms with van der Waals surface area (Å²) < 4.78 is 5.82. The molecule has 248 valence electrons. The van der Waals surface area contributed by atoms with Gasteiger partial charge in [0.25, 0.3) is 5.69 Å². The summed E-state index contributed by atoms with van der Waals surface area (Å²) >= 11 is 6.76. The molecule has 0 N–H and O–H groups in total. The van der Waals surface area contributed by atoms with Crippen molar-refractivity contribution in [1.82, 2.24) is 4.90 Å². The van der Waals surface area contributed by atoms with Gasteiger partial charge in [-0.1, -0.05) is 75.7 Å². The molecule has 3 aliphatic rings.